The fourth-order valence-electron chi connectivity index (χ4n) is 2.79. The lowest BCUT2D eigenvalue weighted by Gasteiger charge is -2.35. The van der Waals surface area contributed by atoms with Crippen LogP contribution in [0.3, 0.4) is 0 Å². The second-order valence-electron chi connectivity index (χ2n) is 5.79. The van der Waals surface area contributed by atoms with Crippen LogP contribution in [-0.2, 0) is 0 Å². The molecule has 1 fully saturated rings. The minimum Gasteiger partial charge on any atom is -0.371 e. The van der Waals surface area contributed by atoms with E-state index in [2.05, 4.69) is 40.7 Å². The lowest BCUT2D eigenvalue weighted by Crippen LogP contribution is -2.35. The number of ketones is 1. The number of carbonyl (C=O) groups excluding carboxylic acids is 1. The molecule has 1 aliphatic heterocycles. The first kappa shape index (κ1) is 14.6. The largest absolute Gasteiger partial charge is 0.371 e. The van der Waals surface area contributed by atoms with Crippen molar-refractivity contribution in [1.82, 2.24) is 0 Å². The summed E-state index contributed by atoms with van der Waals surface area (Å²) >= 11 is 3.60. The normalized spacial score (nSPS) is 17.0. The number of anilines is 1. The van der Waals surface area contributed by atoms with E-state index in [1.807, 2.05) is 12.1 Å². The van der Waals surface area contributed by atoms with Crippen LogP contribution in [0.5, 0.6) is 0 Å². The van der Waals surface area contributed by atoms with Crippen molar-refractivity contribution in [3.05, 3.63) is 28.2 Å². The molecule has 1 aromatic carbocycles. The van der Waals surface area contributed by atoms with Gasteiger partial charge in [0.15, 0.2) is 5.78 Å². The number of carbonyl (C=O) groups is 1. The van der Waals surface area contributed by atoms with Crippen LogP contribution in [0.1, 0.15) is 44.0 Å². The highest BCUT2D eigenvalue weighted by atomic mass is 79.9. The first-order chi connectivity index (χ1) is 8.99. The number of rotatable bonds is 3. The van der Waals surface area contributed by atoms with Gasteiger partial charge in [0, 0.05) is 23.1 Å². The van der Waals surface area contributed by atoms with E-state index in [4.69, 9.17) is 0 Å². The number of hydrogen-bond donors (Lipinski definition) is 0. The van der Waals surface area contributed by atoms with Gasteiger partial charge in [-0.25, -0.2) is 0 Å². The van der Waals surface area contributed by atoms with Crippen LogP contribution in [-0.4, -0.2) is 18.9 Å². The van der Waals surface area contributed by atoms with Crippen molar-refractivity contribution in [2.45, 2.75) is 33.6 Å². The summed E-state index contributed by atoms with van der Waals surface area (Å²) in [6.45, 7) is 8.47. The Labute approximate surface area is 124 Å². The maximum Gasteiger partial charge on any atom is 0.159 e. The Morgan fingerprint density at radius 1 is 1.32 bits per heavy atom. The molecule has 0 amide bonds. The summed E-state index contributed by atoms with van der Waals surface area (Å²) in [6.07, 6.45) is 2.52. The van der Waals surface area contributed by atoms with E-state index in [0.717, 1.165) is 35.0 Å². The molecule has 0 aliphatic carbocycles. The molecule has 2 rings (SSSR count). The number of piperidine rings is 1. The average Bonchev–Trinajstić information content (AvgIpc) is 2.38. The van der Waals surface area contributed by atoms with Gasteiger partial charge in [-0.1, -0.05) is 13.8 Å². The molecule has 0 saturated carbocycles. The van der Waals surface area contributed by atoms with Gasteiger partial charge in [-0.2, -0.15) is 0 Å². The zero-order valence-electron chi connectivity index (χ0n) is 11.9. The lowest BCUT2D eigenvalue weighted by molar-refractivity contribution is 0.101. The molecule has 1 saturated heterocycles. The standard InChI is InChI=1S/C16H22BrNO/c1-11(2)13-6-8-18(9-7-13)16-5-4-14(12(3)19)10-15(16)17/h4-5,10-11,13H,6-9H2,1-3H3. The molecule has 1 aliphatic rings. The molecular formula is C16H22BrNO. The Hall–Kier alpha value is -0.830. The number of Topliss-reactive ketones (excluding diaryl/α,β-unsaturated/α-hetero) is 1. The van der Waals surface area contributed by atoms with Crippen molar-refractivity contribution >= 4 is 27.4 Å². The number of benzene rings is 1. The molecule has 1 aromatic rings. The van der Waals surface area contributed by atoms with Gasteiger partial charge in [0.1, 0.15) is 0 Å². The molecule has 0 spiro atoms. The van der Waals surface area contributed by atoms with E-state index < -0.39 is 0 Å². The Morgan fingerprint density at radius 2 is 1.95 bits per heavy atom. The van der Waals surface area contributed by atoms with E-state index in [1.165, 1.54) is 18.5 Å². The van der Waals surface area contributed by atoms with Crippen molar-refractivity contribution in [2.24, 2.45) is 11.8 Å². The van der Waals surface area contributed by atoms with Crippen LogP contribution < -0.4 is 4.90 Å². The maximum atomic E-state index is 11.4. The topological polar surface area (TPSA) is 20.3 Å². The predicted molar refractivity (Wildman–Crippen MR) is 83.9 cm³/mol. The highest BCUT2D eigenvalue weighted by Crippen LogP contribution is 2.32. The third kappa shape index (κ3) is 3.38. The average molecular weight is 324 g/mol. The SMILES string of the molecule is CC(=O)c1ccc(N2CCC(C(C)C)CC2)c(Br)c1. The third-order valence-electron chi connectivity index (χ3n) is 4.18. The lowest BCUT2D eigenvalue weighted by atomic mass is 9.86. The molecule has 0 aromatic heterocycles. The molecule has 3 heteroatoms. The van der Waals surface area contributed by atoms with Gasteiger partial charge in [-0.05, 0) is 65.7 Å². The monoisotopic (exact) mass is 323 g/mol. The Morgan fingerprint density at radius 3 is 2.42 bits per heavy atom. The minimum atomic E-state index is 0.116. The van der Waals surface area contributed by atoms with E-state index in [-0.39, 0.29) is 5.78 Å². The number of halogens is 1. The van der Waals surface area contributed by atoms with Crippen LogP contribution >= 0.6 is 15.9 Å². The Balaban J connectivity index is 2.09. The molecular weight excluding hydrogens is 302 g/mol. The summed E-state index contributed by atoms with van der Waals surface area (Å²) in [5, 5.41) is 0. The molecule has 0 N–H and O–H groups in total. The number of nitrogens with zero attached hydrogens (tertiary/aromatic N) is 1. The quantitative estimate of drug-likeness (QED) is 0.762. The summed E-state index contributed by atoms with van der Waals surface area (Å²) in [7, 11) is 0. The Bertz CT molecular complexity index is 462. The van der Waals surface area contributed by atoms with Crippen LogP contribution in [0.2, 0.25) is 0 Å². The van der Waals surface area contributed by atoms with Gasteiger partial charge >= 0.3 is 0 Å². The molecule has 0 unspecified atom stereocenters. The van der Waals surface area contributed by atoms with Gasteiger partial charge in [0.25, 0.3) is 0 Å². The second kappa shape index (κ2) is 6.08. The predicted octanol–water partition coefficient (Wildman–Crippen LogP) is 4.52. The van der Waals surface area contributed by atoms with E-state index in [9.17, 15) is 4.79 Å². The molecule has 0 radical (unpaired) electrons. The van der Waals surface area contributed by atoms with Crippen molar-refractivity contribution in [2.75, 3.05) is 18.0 Å². The van der Waals surface area contributed by atoms with Gasteiger partial charge in [0.05, 0.1) is 5.69 Å². The fraction of sp³-hybridized carbons (Fsp3) is 0.562. The molecule has 104 valence electrons. The first-order valence-electron chi connectivity index (χ1n) is 7.04. The van der Waals surface area contributed by atoms with Gasteiger partial charge < -0.3 is 4.90 Å². The van der Waals surface area contributed by atoms with E-state index in [1.54, 1.807) is 6.92 Å². The summed E-state index contributed by atoms with van der Waals surface area (Å²) in [5.41, 5.74) is 1.99. The molecule has 1 heterocycles. The zero-order chi connectivity index (χ0) is 14.0. The summed E-state index contributed by atoms with van der Waals surface area (Å²) in [6, 6.07) is 5.93. The van der Waals surface area contributed by atoms with E-state index in [0.29, 0.717) is 0 Å². The Kier molecular flexibility index (Phi) is 4.67. The van der Waals surface area contributed by atoms with Crippen LogP contribution in [0.4, 0.5) is 5.69 Å². The first-order valence-corrected chi connectivity index (χ1v) is 7.83. The highest BCUT2D eigenvalue weighted by Gasteiger charge is 2.22. The van der Waals surface area contributed by atoms with Crippen LogP contribution in [0.25, 0.3) is 0 Å². The van der Waals surface area contributed by atoms with Crippen molar-refractivity contribution in [3.8, 4) is 0 Å². The zero-order valence-corrected chi connectivity index (χ0v) is 13.5. The fourth-order valence-corrected chi connectivity index (χ4v) is 3.42. The molecule has 0 bridgehead atoms. The molecule has 2 nitrogen and oxygen atoms in total. The molecule has 19 heavy (non-hydrogen) atoms. The summed E-state index contributed by atoms with van der Waals surface area (Å²) in [4.78, 5) is 13.8. The van der Waals surface area contributed by atoms with Crippen molar-refractivity contribution < 1.29 is 4.79 Å². The van der Waals surface area contributed by atoms with Gasteiger partial charge in [0.2, 0.25) is 0 Å². The molecule has 0 atom stereocenters. The van der Waals surface area contributed by atoms with Gasteiger partial charge in [-0.3, -0.25) is 4.79 Å². The second-order valence-corrected chi connectivity index (χ2v) is 6.65. The third-order valence-corrected chi connectivity index (χ3v) is 4.81. The van der Waals surface area contributed by atoms with Crippen LogP contribution in [0, 0.1) is 11.8 Å². The summed E-state index contributed by atoms with van der Waals surface area (Å²) in [5.74, 6) is 1.75. The maximum absolute atomic E-state index is 11.4. The van der Waals surface area contributed by atoms with Crippen LogP contribution in [0.15, 0.2) is 22.7 Å². The smallest absolute Gasteiger partial charge is 0.159 e. The minimum absolute atomic E-state index is 0.116. The summed E-state index contributed by atoms with van der Waals surface area (Å²) < 4.78 is 1.03. The number of hydrogen-bond acceptors (Lipinski definition) is 2. The highest BCUT2D eigenvalue weighted by molar-refractivity contribution is 9.10. The van der Waals surface area contributed by atoms with E-state index >= 15 is 0 Å². The van der Waals surface area contributed by atoms with Gasteiger partial charge in [-0.15, -0.1) is 0 Å². The van der Waals surface area contributed by atoms with Crippen molar-refractivity contribution in [1.29, 1.82) is 0 Å². The van der Waals surface area contributed by atoms with Crippen molar-refractivity contribution in [3.63, 3.8) is 0 Å².